The van der Waals surface area contributed by atoms with Crippen LogP contribution in [0.4, 0.5) is 0 Å². The normalized spacial score (nSPS) is 23.6. The van der Waals surface area contributed by atoms with E-state index in [1.165, 1.54) is 0 Å². The Morgan fingerprint density at radius 2 is 2.32 bits per heavy atom. The van der Waals surface area contributed by atoms with Crippen molar-refractivity contribution in [1.29, 1.82) is 0 Å². The predicted octanol–water partition coefficient (Wildman–Crippen LogP) is 1.01. The second-order valence-electron chi connectivity index (χ2n) is 6.58. The summed E-state index contributed by atoms with van der Waals surface area (Å²) in [5.74, 6) is 2.71. The smallest absolute Gasteiger partial charge is 0.191 e. The molecule has 0 radical (unpaired) electrons. The van der Waals surface area contributed by atoms with Crippen molar-refractivity contribution in [2.45, 2.75) is 46.2 Å². The highest BCUT2D eigenvalue weighted by Gasteiger charge is 2.33. The third-order valence-electron chi connectivity index (χ3n) is 4.16. The summed E-state index contributed by atoms with van der Waals surface area (Å²) in [5, 5.41) is 11.3. The molecule has 0 saturated carbocycles. The van der Waals surface area contributed by atoms with Gasteiger partial charge >= 0.3 is 0 Å². The number of nitrogens with zero attached hydrogens (tertiary/aromatic N) is 4. The molecule has 2 aliphatic heterocycles. The number of hydrogen-bond donors (Lipinski definition) is 2. The predicted molar refractivity (Wildman–Crippen MR) is 84.8 cm³/mol. The zero-order valence-electron chi connectivity index (χ0n) is 13.7. The highest BCUT2D eigenvalue weighted by Crippen LogP contribution is 2.27. The Morgan fingerprint density at radius 3 is 3.00 bits per heavy atom. The second-order valence-corrected chi connectivity index (χ2v) is 6.58. The van der Waals surface area contributed by atoms with E-state index in [0.29, 0.717) is 0 Å². The molecule has 22 heavy (non-hydrogen) atoms. The molecule has 1 atom stereocenters. The summed E-state index contributed by atoms with van der Waals surface area (Å²) in [5.41, 5.74) is 0.186. The SMILES string of the molecule is CCNC(=NCC1(C)COC1)NC1CCCn2nc(C)nc21. The molecule has 1 unspecified atom stereocenters. The van der Waals surface area contributed by atoms with Gasteiger partial charge in [-0.15, -0.1) is 0 Å². The van der Waals surface area contributed by atoms with Crippen LogP contribution in [0.2, 0.25) is 0 Å². The van der Waals surface area contributed by atoms with E-state index in [2.05, 4.69) is 34.6 Å². The van der Waals surface area contributed by atoms with Gasteiger partial charge in [0.05, 0.1) is 25.8 Å². The monoisotopic (exact) mass is 306 g/mol. The quantitative estimate of drug-likeness (QED) is 0.641. The third kappa shape index (κ3) is 3.24. The van der Waals surface area contributed by atoms with Crippen LogP contribution in [0.1, 0.15) is 44.4 Å². The van der Waals surface area contributed by atoms with Gasteiger partial charge in [0.15, 0.2) is 5.96 Å². The van der Waals surface area contributed by atoms with Crippen LogP contribution in [-0.4, -0.2) is 47.0 Å². The van der Waals surface area contributed by atoms with Gasteiger partial charge < -0.3 is 15.4 Å². The molecule has 7 heteroatoms. The highest BCUT2D eigenvalue weighted by atomic mass is 16.5. The van der Waals surface area contributed by atoms with E-state index in [1.807, 2.05) is 11.6 Å². The van der Waals surface area contributed by atoms with Gasteiger partial charge in [-0.3, -0.25) is 4.99 Å². The molecule has 1 saturated heterocycles. The maximum absolute atomic E-state index is 5.30. The Labute approximate surface area is 131 Å². The molecule has 122 valence electrons. The third-order valence-corrected chi connectivity index (χ3v) is 4.16. The zero-order valence-corrected chi connectivity index (χ0v) is 13.7. The fourth-order valence-electron chi connectivity index (χ4n) is 2.90. The Kier molecular flexibility index (Phi) is 4.33. The van der Waals surface area contributed by atoms with E-state index < -0.39 is 0 Å². The number of guanidine groups is 1. The fourth-order valence-corrected chi connectivity index (χ4v) is 2.90. The minimum Gasteiger partial charge on any atom is -0.380 e. The molecular weight excluding hydrogens is 280 g/mol. The first-order valence-electron chi connectivity index (χ1n) is 8.13. The molecule has 0 aromatic carbocycles. The summed E-state index contributed by atoms with van der Waals surface area (Å²) >= 11 is 0. The van der Waals surface area contributed by atoms with E-state index in [0.717, 1.165) is 63.3 Å². The zero-order chi connectivity index (χ0) is 15.6. The average Bonchev–Trinajstić information content (AvgIpc) is 2.84. The van der Waals surface area contributed by atoms with Crippen molar-refractivity contribution >= 4 is 5.96 Å². The van der Waals surface area contributed by atoms with Crippen molar-refractivity contribution < 1.29 is 4.74 Å². The van der Waals surface area contributed by atoms with Gasteiger partial charge in [0.2, 0.25) is 0 Å². The number of aryl methyl sites for hydroxylation is 2. The Hall–Kier alpha value is -1.63. The largest absolute Gasteiger partial charge is 0.380 e. The lowest BCUT2D eigenvalue weighted by Crippen LogP contribution is -2.45. The second kappa shape index (κ2) is 6.24. The van der Waals surface area contributed by atoms with Crippen LogP contribution in [0, 0.1) is 12.3 Å². The summed E-state index contributed by atoms with van der Waals surface area (Å²) in [4.78, 5) is 9.31. The van der Waals surface area contributed by atoms with E-state index in [4.69, 9.17) is 9.73 Å². The van der Waals surface area contributed by atoms with Crippen LogP contribution in [0.25, 0.3) is 0 Å². The summed E-state index contributed by atoms with van der Waals surface area (Å²) in [7, 11) is 0. The van der Waals surface area contributed by atoms with Gasteiger partial charge in [-0.05, 0) is 26.7 Å². The number of nitrogens with one attached hydrogen (secondary N) is 2. The number of fused-ring (bicyclic) bond motifs is 1. The maximum atomic E-state index is 5.30. The minimum absolute atomic E-state index is 0.179. The van der Waals surface area contributed by atoms with E-state index in [9.17, 15) is 0 Å². The molecule has 0 aliphatic carbocycles. The fraction of sp³-hybridized carbons (Fsp3) is 0.800. The Balaban J connectivity index is 1.69. The van der Waals surface area contributed by atoms with Crippen LogP contribution >= 0.6 is 0 Å². The lowest BCUT2D eigenvalue weighted by molar-refractivity contribution is -0.0945. The summed E-state index contributed by atoms with van der Waals surface area (Å²) < 4.78 is 7.31. The lowest BCUT2D eigenvalue weighted by Gasteiger charge is -2.36. The van der Waals surface area contributed by atoms with Crippen molar-refractivity contribution in [2.24, 2.45) is 10.4 Å². The van der Waals surface area contributed by atoms with E-state index in [-0.39, 0.29) is 11.5 Å². The number of ether oxygens (including phenoxy) is 1. The van der Waals surface area contributed by atoms with Crippen LogP contribution < -0.4 is 10.6 Å². The molecule has 3 rings (SSSR count). The first-order valence-corrected chi connectivity index (χ1v) is 8.13. The maximum Gasteiger partial charge on any atom is 0.191 e. The van der Waals surface area contributed by atoms with Gasteiger partial charge in [0.1, 0.15) is 11.6 Å². The van der Waals surface area contributed by atoms with Crippen LogP contribution in [-0.2, 0) is 11.3 Å². The minimum atomic E-state index is 0.179. The lowest BCUT2D eigenvalue weighted by atomic mass is 9.89. The molecule has 3 heterocycles. The molecule has 0 amide bonds. The number of aromatic nitrogens is 3. The summed E-state index contributed by atoms with van der Waals surface area (Å²) in [6.07, 6.45) is 2.17. The molecular formula is C15H26N6O. The number of aliphatic imine (C=N–C) groups is 1. The van der Waals surface area contributed by atoms with Crippen molar-refractivity contribution in [3.63, 3.8) is 0 Å². The van der Waals surface area contributed by atoms with Crippen LogP contribution in [0.5, 0.6) is 0 Å². The molecule has 2 N–H and O–H groups in total. The highest BCUT2D eigenvalue weighted by molar-refractivity contribution is 5.80. The van der Waals surface area contributed by atoms with Gasteiger partial charge in [-0.25, -0.2) is 9.67 Å². The topological polar surface area (TPSA) is 76.4 Å². The standard InChI is InChI=1S/C15H26N6O/c1-4-16-14(17-8-15(3)9-22-10-15)19-12-6-5-7-21-13(12)18-11(2)20-21/h12H,4-10H2,1-3H3,(H2,16,17,19). The molecule has 0 spiro atoms. The number of rotatable bonds is 4. The van der Waals surface area contributed by atoms with Crippen LogP contribution in [0.15, 0.2) is 4.99 Å². The molecule has 1 aromatic rings. The Bertz CT molecular complexity index is 548. The molecule has 0 bridgehead atoms. The summed E-state index contributed by atoms with van der Waals surface area (Å²) in [6.45, 7) is 10.4. The van der Waals surface area contributed by atoms with Gasteiger partial charge in [0, 0.05) is 18.5 Å². The van der Waals surface area contributed by atoms with Crippen molar-refractivity contribution in [1.82, 2.24) is 25.4 Å². The molecule has 1 aromatic heterocycles. The van der Waals surface area contributed by atoms with E-state index >= 15 is 0 Å². The van der Waals surface area contributed by atoms with Gasteiger partial charge in [0.25, 0.3) is 0 Å². The molecule has 7 nitrogen and oxygen atoms in total. The van der Waals surface area contributed by atoms with Crippen molar-refractivity contribution in [3.8, 4) is 0 Å². The van der Waals surface area contributed by atoms with Crippen molar-refractivity contribution in [3.05, 3.63) is 11.6 Å². The number of hydrogen-bond acceptors (Lipinski definition) is 4. The van der Waals surface area contributed by atoms with Crippen molar-refractivity contribution in [2.75, 3.05) is 26.3 Å². The first kappa shape index (κ1) is 15.3. The van der Waals surface area contributed by atoms with E-state index in [1.54, 1.807) is 0 Å². The molecule has 2 aliphatic rings. The molecule has 1 fully saturated rings. The van der Waals surface area contributed by atoms with Gasteiger partial charge in [-0.1, -0.05) is 6.92 Å². The van der Waals surface area contributed by atoms with Crippen LogP contribution in [0.3, 0.4) is 0 Å². The first-order chi connectivity index (χ1) is 10.6. The Morgan fingerprint density at radius 1 is 1.50 bits per heavy atom. The average molecular weight is 306 g/mol. The van der Waals surface area contributed by atoms with Gasteiger partial charge in [-0.2, -0.15) is 5.10 Å². The summed E-state index contributed by atoms with van der Waals surface area (Å²) in [6, 6.07) is 0.179.